The summed E-state index contributed by atoms with van der Waals surface area (Å²) in [6, 6.07) is 20.4. The Morgan fingerprint density at radius 2 is 1.50 bits per heavy atom. The van der Waals surface area contributed by atoms with Crippen molar-refractivity contribution in [1.82, 2.24) is 0 Å². The molecule has 1 atom stereocenters. The van der Waals surface area contributed by atoms with E-state index in [1.54, 1.807) is 0 Å². The van der Waals surface area contributed by atoms with Crippen molar-refractivity contribution in [3.05, 3.63) is 77.4 Å². The third kappa shape index (κ3) is 2.78. The average molecular weight is 312 g/mol. The molecule has 0 radical (unpaired) electrons. The molecule has 0 fully saturated rings. The number of aryl methyl sites for hydroxylation is 2. The standard InChI is InChI=1S/C24H24/c1-16-4-7-20-14-21(11-10-19(20)12-16)22-9-6-18(3)24(15-22)23-8-5-17(2)13-23/h4,6-12,14-15,17H,5,13H2,1-3H3. The van der Waals surface area contributed by atoms with Crippen molar-refractivity contribution in [3.8, 4) is 11.1 Å². The van der Waals surface area contributed by atoms with Crippen LogP contribution in [-0.4, -0.2) is 0 Å². The van der Waals surface area contributed by atoms with Crippen LogP contribution in [0.4, 0.5) is 0 Å². The maximum atomic E-state index is 2.43. The first-order valence-corrected chi connectivity index (χ1v) is 8.91. The molecule has 1 aliphatic carbocycles. The van der Waals surface area contributed by atoms with Crippen molar-refractivity contribution in [1.29, 1.82) is 0 Å². The molecule has 120 valence electrons. The molecule has 0 nitrogen and oxygen atoms in total. The molecule has 0 heteroatoms. The molecule has 1 aliphatic rings. The predicted molar refractivity (Wildman–Crippen MR) is 105 cm³/mol. The van der Waals surface area contributed by atoms with Crippen molar-refractivity contribution in [2.75, 3.05) is 0 Å². The van der Waals surface area contributed by atoms with Gasteiger partial charge in [0.25, 0.3) is 0 Å². The van der Waals surface area contributed by atoms with Gasteiger partial charge in [-0.05, 0) is 83.3 Å². The van der Waals surface area contributed by atoms with E-state index in [0.717, 1.165) is 5.92 Å². The molecule has 0 aliphatic heterocycles. The lowest BCUT2D eigenvalue weighted by atomic mass is 9.93. The van der Waals surface area contributed by atoms with Crippen LogP contribution in [0.25, 0.3) is 27.5 Å². The maximum absolute atomic E-state index is 2.43. The Morgan fingerprint density at radius 1 is 0.792 bits per heavy atom. The lowest BCUT2D eigenvalue weighted by Gasteiger charge is -2.12. The van der Waals surface area contributed by atoms with E-state index in [2.05, 4.69) is 81.4 Å². The molecule has 3 aromatic rings. The number of benzene rings is 3. The van der Waals surface area contributed by atoms with Crippen LogP contribution < -0.4 is 0 Å². The monoisotopic (exact) mass is 312 g/mol. The lowest BCUT2D eigenvalue weighted by molar-refractivity contribution is 0.642. The van der Waals surface area contributed by atoms with Gasteiger partial charge in [0.1, 0.15) is 0 Å². The summed E-state index contributed by atoms with van der Waals surface area (Å²) in [4.78, 5) is 0. The SMILES string of the molecule is Cc1ccc2cc(-c3ccc(C)c(C4=CCC(C)C4)c3)ccc2c1. The van der Waals surface area contributed by atoms with Crippen LogP contribution in [0.3, 0.4) is 0 Å². The Kier molecular flexibility index (Phi) is 3.76. The summed E-state index contributed by atoms with van der Waals surface area (Å²) in [5.41, 5.74) is 8.28. The third-order valence-corrected chi connectivity index (χ3v) is 5.25. The largest absolute Gasteiger partial charge is 0.0804 e. The Hall–Kier alpha value is -2.34. The number of hydrogen-bond acceptors (Lipinski definition) is 0. The van der Waals surface area contributed by atoms with Crippen molar-refractivity contribution >= 4 is 16.3 Å². The molecule has 0 aromatic heterocycles. The molecule has 0 saturated carbocycles. The van der Waals surface area contributed by atoms with Gasteiger partial charge in [-0.3, -0.25) is 0 Å². The van der Waals surface area contributed by atoms with Gasteiger partial charge >= 0.3 is 0 Å². The van der Waals surface area contributed by atoms with Crippen molar-refractivity contribution in [2.45, 2.75) is 33.6 Å². The zero-order chi connectivity index (χ0) is 16.7. The van der Waals surface area contributed by atoms with Crippen LogP contribution in [0, 0.1) is 19.8 Å². The maximum Gasteiger partial charge on any atom is -0.0177 e. The van der Waals surface area contributed by atoms with E-state index in [9.17, 15) is 0 Å². The normalized spacial score (nSPS) is 17.3. The first-order valence-electron chi connectivity index (χ1n) is 8.91. The highest BCUT2D eigenvalue weighted by atomic mass is 14.2. The van der Waals surface area contributed by atoms with E-state index in [1.807, 2.05) is 0 Å². The van der Waals surface area contributed by atoms with Gasteiger partial charge < -0.3 is 0 Å². The van der Waals surface area contributed by atoms with Gasteiger partial charge in [-0.2, -0.15) is 0 Å². The molecule has 24 heavy (non-hydrogen) atoms. The van der Waals surface area contributed by atoms with Crippen molar-refractivity contribution < 1.29 is 0 Å². The molecule has 0 bridgehead atoms. The molecule has 0 spiro atoms. The van der Waals surface area contributed by atoms with Gasteiger partial charge in [0.05, 0.1) is 0 Å². The minimum atomic E-state index is 0.784. The molecule has 0 N–H and O–H groups in total. The van der Waals surface area contributed by atoms with Crippen molar-refractivity contribution in [2.24, 2.45) is 5.92 Å². The summed E-state index contributed by atoms with van der Waals surface area (Å²) in [6.45, 7) is 6.72. The second-order valence-corrected chi connectivity index (χ2v) is 7.37. The van der Waals surface area contributed by atoms with Crippen molar-refractivity contribution in [3.63, 3.8) is 0 Å². The van der Waals surface area contributed by atoms with Gasteiger partial charge in [-0.25, -0.2) is 0 Å². The zero-order valence-electron chi connectivity index (χ0n) is 14.8. The fourth-order valence-electron chi connectivity index (χ4n) is 3.80. The molecule has 3 aromatic carbocycles. The second-order valence-electron chi connectivity index (χ2n) is 7.37. The van der Waals surface area contributed by atoms with Gasteiger partial charge in [0.2, 0.25) is 0 Å². The first-order chi connectivity index (χ1) is 11.6. The van der Waals surface area contributed by atoms with E-state index in [0.29, 0.717) is 0 Å². The number of hydrogen-bond donors (Lipinski definition) is 0. The van der Waals surface area contributed by atoms with Crippen LogP contribution in [-0.2, 0) is 0 Å². The van der Waals surface area contributed by atoms with Crippen LogP contribution >= 0.6 is 0 Å². The van der Waals surface area contributed by atoms with E-state index < -0.39 is 0 Å². The summed E-state index contributed by atoms with van der Waals surface area (Å²) in [5, 5.41) is 2.63. The molecular weight excluding hydrogens is 288 g/mol. The third-order valence-electron chi connectivity index (χ3n) is 5.25. The van der Waals surface area contributed by atoms with Gasteiger partial charge in [-0.1, -0.05) is 61.0 Å². The highest BCUT2D eigenvalue weighted by Crippen LogP contribution is 2.36. The summed E-state index contributed by atoms with van der Waals surface area (Å²) >= 11 is 0. The fraction of sp³-hybridized carbons (Fsp3) is 0.250. The smallest absolute Gasteiger partial charge is 0.0177 e. The molecular formula is C24H24. The summed E-state index contributed by atoms with van der Waals surface area (Å²) in [5.74, 6) is 0.784. The molecule has 0 amide bonds. The van der Waals surface area contributed by atoms with Crippen LogP contribution in [0.5, 0.6) is 0 Å². The second kappa shape index (κ2) is 5.94. The van der Waals surface area contributed by atoms with Gasteiger partial charge in [0.15, 0.2) is 0 Å². The highest BCUT2D eigenvalue weighted by molar-refractivity contribution is 5.88. The molecule has 0 heterocycles. The van der Waals surface area contributed by atoms with Crippen LogP contribution in [0.1, 0.15) is 36.5 Å². The highest BCUT2D eigenvalue weighted by Gasteiger charge is 2.16. The molecule has 4 rings (SSSR count). The summed E-state index contributed by atoms with van der Waals surface area (Å²) < 4.78 is 0. The van der Waals surface area contributed by atoms with Gasteiger partial charge in [-0.15, -0.1) is 0 Å². The van der Waals surface area contributed by atoms with Crippen LogP contribution in [0.2, 0.25) is 0 Å². The summed E-state index contributed by atoms with van der Waals surface area (Å²) in [7, 11) is 0. The molecule has 1 unspecified atom stereocenters. The van der Waals surface area contributed by atoms with E-state index >= 15 is 0 Å². The van der Waals surface area contributed by atoms with E-state index in [1.165, 1.54) is 57.0 Å². The van der Waals surface area contributed by atoms with Gasteiger partial charge in [0, 0.05) is 0 Å². The predicted octanol–water partition coefficient (Wildman–Crippen LogP) is 6.94. The Morgan fingerprint density at radius 3 is 2.29 bits per heavy atom. The number of allylic oxidation sites excluding steroid dienone is 2. The zero-order valence-corrected chi connectivity index (χ0v) is 14.8. The van der Waals surface area contributed by atoms with Crippen LogP contribution in [0.15, 0.2) is 60.7 Å². The topological polar surface area (TPSA) is 0 Å². The van der Waals surface area contributed by atoms with E-state index in [4.69, 9.17) is 0 Å². The fourth-order valence-corrected chi connectivity index (χ4v) is 3.80. The quantitative estimate of drug-likeness (QED) is 0.481. The number of fused-ring (bicyclic) bond motifs is 1. The minimum absolute atomic E-state index is 0.784. The Labute approximate surface area is 144 Å². The van der Waals surface area contributed by atoms with E-state index in [-0.39, 0.29) is 0 Å². The lowest BCUT2D eigenvalue weighted by Crippen LogP contribution is -1.91. The molecule has 0 saturated heterocycles. The average Bonchev–Trinajstić information content (AvgIpc) is 3.01. The first kappa shape index (κ1) is 15.2. The Balaban J connectivity index is 1.78. The Bertz CT molecular complexity index is 943. The minimum Gasteiger partial charge on any atom is -0.0804 e. The number of rotatable bonds is 2. The summed E-state index contributed by atoms with van der Waals surface area (Å²) in [6.07, 6.45) is 4.86.